The first-order valence-corrected chi connectivity index (χ1v) is 10.2. The number of benzene rings is 1. The number of nitrogens with zero attached hydrogens (tertiary/aromatic N) is 4. The molecule has 2 atom stereocenters. The molecule has 1 aliphatic rings. The second-order valence-corrected chi connectivity index (χ2v) is 7.60. The molecule has 0 radical (unpaired) electrons. The highest BCUT2D eigenvalue weighted by atomic mass is 16.1. The Morgan fingerprint density at radius 3 is 2.75 bits per heavy atom. The molecule has 5 nitrogen and oxygen atoms in total. The van der Waals surface area contributed by atoms with E-state index in [4.69, 9.17) is 4.98 Å². The van der Waals surface area contributed by atoms with Gasteiger partial charge in [0, 0.05) is 44.0 Å². The van der Waals surface area contributed by atoms with E-state index in [2.05, 4.69) is 54.0 Å². The van der Waals surface area contributed by atoms with Crippen molar-refractivity contribution < 1.29 is 0 Å². The molecule has 0 spiro atoms. The molecule has 1 saturated heterocycles. The number of aromatic nitrogens is 2. The molecule has 5 heteroatoms. The van der Waals surface area contributed by atoms with Gasteiger partial charge in [0.25, 0.3) is 5.56 Å². The Hall–Kier alpha value is -2.50. The summed E-state index contributed by atoms with van der Waals surface area (Å²) in [5.41, 5.74) is 2.93. The molecule has 0 amide bonds. The van der Waals surface area contributed by atoms with E-state index in [0.29, 0.717) is 17.7 Å². The van der Waals surface area contributed by atoms with Crippen molar-refractivity contribution in [1.29, 1.82) is 0 Å². The average Bonchev–Trinajstić information content (AvgIpc) is 3.22. The van der Waals surface area contributed by atoms with E-state index in [9.17, 15) is 4.79 Å². The second kappa shape index (κ2) is 8.25. The Bertz CT molecular complexity index is 985. The fraction of sp³-hybridized carbons (Fsp3) is 0.391. The zero-order chi connectivity index (χ0) is 19.5. The summed E-state index contributed by atoms with van der Waals surface area (Å²) < 4.78 is 1.60. The van der Waals surface area contributed by atoms with Gasteiger partial charge in [0.05, 0.1) is 5.69 Å². The van der Waals surface area contributed by atoms with Crippen molar-refractivity contribution in [3.63, 3.8) is 0 Å². The van der Waals surface area contributed by atoms with Crippen LogP contribution in [-0.4, -0.2) is 44.9 Å². The van der Waals surface area contributed by atoms with Crippen molar-refractivity contribution in [3.05, 3.63) is 82.4 Å². The summed E-state index contributed by atoms with van der Waals surface area (Å²) in [6.07, 6.45) is 2.92. The Kier molecular flexibility index (Phi) is 5.55. The quantitative estimate of drug-likeness (QED) is 0.662. The Morgan fingerprint density at radius 1 is 1.18 bits per heavy atom. The van der Waals surface area contributed by atoms with Gasteiger partial charge in [0.15, 0.2) is 0 Å². The molecule has 0 unspecified atom stereocenters. The average molecular weight is 377 g/mol. The van der Waals surface area contributed by atoms with Crippen molar-refractivity contribution in [2.24, 2.45) is 0 Å². The van der Waals surface area contributed by atoms with Crippen LogP contribution in [0.2, 0.25) is 0 Å². The lowest BCUT2D eigenvalue weighted by Crippen LogP contribution is -2.38. The van der Waals surface area contributed by atoms with Gasteiger partial charge in [0.1, 0.15) is 5.65 Å². The zero-order valence-corrected chi connectivity index (χ0v) is 16.7. The first-order valence-electron chi connectivity index (χ1n) is 10.2. The summed E-state index contributed by atoms with van der Waals surface area (Å²) in [6, 6.07) is 19.0. The van der Waals surface area contributed by atoms with Crippen LogP contribution in [-0.2, 0) is 6.54 Å². The summed E-state index contributed by atoms with van der Waals surface area (Å²) in [5.74, 6) is 0. The lowest BCUT2D eigenvalue weighted by atomic mass is 10.1. The second-order valence-electron chi connectivity index (χ2n) is 7.60. The van der Waals surface area contributed by atoms with E-state index >= 15 is 0 Å². The number of pyridine rings is 1. The monoisotopic (exact) mass is 376 g/mol. The number of likely N-dealkylation sites (N-methyl/N-ethyl adjacent to an activating group) is 1. The van der Waals surface area contributed by atoms with E-state index in [-0.39, 0.29) is 5.56 Å². The van der Waals surface area contributed by atoms with Crippen molar-refractivity contribution >= 4 is 5.65 Å². The van der Waals surface area contributed by atoms with Crippen LogP contribution in [0, 0.1) is 0 Å². The highest BCUT2D eigenvalue weighted by Gasteiger charge is 2.30. The van der Waals surface area contributed by atoms with Gasteiger partial charge in [-0.15, -0.1) is 0 Å². The number of likely N-dealkylation sites (tertiary alicyclic amines) is 1. The molecule has 2 aromatic heterocycles. The minimum Gasteiger partial charge on any atom is -0.295 e. The van der Waals surface area contributed by atoms with Crippen LogP contribution in [0.25, 0.3) is 5.65 Å². The molecule has 0 aliphatic carbocycles. The minimum absolute atomic E-state index is 0.0117. The van der Waals surface area contributed by atoms with Gasteiger partial charge in [-0.3, -0.25) is 19.0 Å². The molecule has 4 rings (SSSR count). The smallest absolute Gasteiger partial charge is 0.258 e. The van der Waals surface area contributed by atoms with E-state index in [0.717, 1.165) is 38.3 Å². The molecule has 3 heterocycles. The molecular weight excluding hydrogens is 348 g/mol. The van der Waals surface area contributed by atoms with Gasteiger partial charge < -0.3 is 0 Å². The number of rotatable bonds is 6. The van der Waals surface area contributed by atoms with Crippen LogP contribution in [0.4, 0.5) is 0 Å². The highest BCUT2D eigenvalue weighted by Crippen LogP contribution is 2.27. The first-order chi connectivity index (χ1) is 13.7. The van der Waals surface area contributed by atoms with Crippen molar-refractivity contribution in [1.82, 2.24) is 19.2 Å². The van der Waals surface area contributed by atoms with Gasteiger partial charge in [-0.2, -0.15) is 0 Å². The summed E-state index contributed by atoms with van der Waals surface area (Å²) >= 11 is 0. The van der Waals surface area contributed by atoms with Crippen LogP contribution in [0.5, 0.6) is 0 Å². The van der Waals surface area contributed by atoms with Crippen LogP contribution in [0.15, 0.2) is 65.6 Å². The first kappa shape index (κ1) is 18.8. The number of hydrogen-bond donors (Lipinski definition) is 0. The molecule has 3 aromatic rings. The molecule has 28 heavy (non-hydrogen) atoms. The summed E-state index contributed by atoms with van der Waals surface area (Å²) in [6.45, 7) is 8.31. The van der Waals surface area contributed by atoms with Gasteiger partial charge in [0.2, 0.25) is 0 Å². The summed E-state index contributed by atoms with van der Waals surface area (Å²) in [4.78, 5) is 22.1. The van der Waals surface area contributed by atoms with E-state index in [1.807, 2.05) is 18.2 Å². The van der Waals surface area contributed by atoms with Gasteiger partial charge >= 0.3 is 0 Å². The maximum atomic E-state index is 12.4. The maximum absolute atomic E-state index is 12.4. The number of hydrogen-bond acceptors (Lipinski definition) is 4. The highest BCUT2D eigenvalue weighted by molar-refractivity contribution is 5.38. The third kappa shape index (κ3) is 3.86. The SMILES string of the molecule is CCN(Cc1cc(=O)n2ccccc2n1)[C@@H]1CCN([C@H](C)c2ccccc2)C1. The van der Waals surface area contributed by atoms with Crippen LogP contribution in [0.3, 0.4) is 0 Å². The lowest BCUT2D eigenvalue weighted by molar-refractivity contribution is 0.178. The van der Waals surface area contributed by atoms with Crippen molar-refractivity contribution in [3.8, 4) is 0 Å². The molecule has 0 N–H and O–H groups in total. The Balaban J connectivity index is 1.47. The number of fused-ring (bicyclic) bond motifs is 1. The lowest BCUT2D eigenvalue weighted by Gasteiger charge is -2.29. The van der Waals surface area contributed by atoms with Gasteiger partial charge in [-0.25, -0.2) is 4.98 Å². The third-order valence-electron chi connectivity index (χ3n) is 5.94. The van der Waals surface area contributed by atoms with E-state index in [1.54, 1.807) is 16.7 Å². The Labute approximate surface area is 166 Å². The molecule has 1 fully saturated rings. The molecule has 146 valence electrons. The summed E-state index contributed by atoms with van der Waals surface area (Å²) in [7, 11) is 0. The maximum Gasteiger partial charge on any atom is 0.258 e. The van der Waals surface area contributed by atoms with Crippen LogP contribution < -0.4 is 5.56 Å². The zero-order valence-electron chi connectivity index (χ0n) is 16.7. The normalized spacial score (nSPS) is 18.8. The van der Waals surface area contributed by atoms with Crippen molar-refractivity contribution in [2.75, 3.05) is 19.6 Å². The van der Waals surface area contributed by atoms with Gasteiger partial charge in [-0.1, -0.05) is 43.3 Å². The fourth-order valence-corrected chi connectivity index (χ4v) is 4.25. The predicted octanol–water partition coefficient (Wildman–Crippen LogP) is 3.35. The largest absolute Gasteiger partial charge is 0.295 e. The molecule has 1 aromatic carbocycles. The summed E-state index contributed by atoms with van der Waals surface area (Å²) in [5, 5.41) is 0. The molecular formula is C23H28N4O. The Morgan fingerprint density at radius 2 is 1.96 bits per heavy atom. The van der Waals surface area contributed by atoms with Gasteiger partial charge in [-0.05, 0) is 37.6 Å². The van der Waals surface area contributed by atoms with Crippen molar-refractivity contribution in [2.45, 2.75) is 38.9 Å². The standard InChI is InChI=1S/C23H28N4O/c1-3-25(16-20-15-23(28)27-13-8-7-11-22(27)24-20)21-12-14-26(17-21)18(2)19-9-5-4-6-10-19/h4-11,13,15,18,21H,3,12,14,16-17H2,1-2H3/t18-,21-/m1/s1. The fourth-order valence-electron chi connectivity index (χ4n) is 4.25. The van der Waals surface area contributed by atoms with E-state index < -0.39 is 0 Å². The predicted molar refractivity (Wildman–Crippen MR) is 112 cm³/mol. The third-order valence-corrected chi connectivity index (χ3v) is 5.94. The van der Waals surface area contributed by atoms with E-state index in [1.165, 1.54) is 5.56 Å². The molecule has 0 saturated carbocycles. The van der Waals surface area contributed by atoms with Crippen LogP contribution in [0.1, 0.15) is 37.6 Å². The molecule has 0 bridgehead atoms. The topological polar surface area (TPSA) is 40.9 Å². The minimum atomic E-state index is -0.0117. The van der Waals surface area contributed by atoms with Crippen LogP contribution >= 0.6 is 0 Å². The molecule has 1 aliphatic heterocycles.